The molecule has 0 amide bonds. The summed E-state index contributed by atoms with van der Waals surface area (Å²) in [5, 5.41) is 1.05. The lowest BCUT2D eigenvalue weighted by Crippen LogP contribution is -2.37. The molecule has 1 saturated carbocycles. The normalized spacial score (nSPS) is 19.6. The van der Waals surface area contributed by atoms with Crippen molar-refractivity contribution in [2.24, 2.45) is 5.92 Å². The summed E-state index contributed by atoms with van der Waals surface area (Å²) < 4.78 is 25.7. The molecule has 0 N–H and O–H groups in total. The lowest BCUT2D eigenvalue weighted by Gasteiger charge is -2.28. The van der Waals surface area contributed by atoms with E-state index in [2.05, 4.69) is 11.0 Å². The summed E-state index contributed by atoms with van der Waals surface area (Å²) in [7, 11) is 1.70. The number of piperidine rings is 1. The molecule has 0 spiro atoms. The van der Waals surface area contributed by atoms with Crippen LogP contribution in [0.25, 0.3) is 10.9 Å². The van der Waals surface area contributed by atoms with Crippen LogP contribution < -0.4 is 9.47 Å². The molecule has 1 aromatic heterocycles. The number of hydrogen-bond acceptors (Lipinski definition) is 4. The number of aromatic nitrogens is 1. The average molecular weight is 429 g/mol. The molecule has 1 saturated heterocycles. The molecule has 31 heavy (non-hydrogen) atoms. The molecule has 1 aliphatic heterocycles. The summed E-state index contributed by atoms with van der Waals surface area (Å²) in [5.74, 6) is 2.61. The van der Waals surface area contributed by atoms with Crippen LogP contribution in [0.1, 0.15) is 63.4 Å². The fourth-order valence-corrected chi connectivity index (χ4v) is 4.74. The van der Waals surface area contributed by atoms with Crippen molar-refractivity contribution in [1.82, 2.24) is 9.88 Å². The summed E-state index contributed by atoms with van der Waals surface area (Å²) in [5.41, 5.74) is 2.00. The number of halogens is 1. The molecule has 4 nitrogen and oxygen atoms in total. The molecular formula is C26H37FN2O2. The molecule has 1 unspecified atom stereocenters. The van der Waals surface area contributed by atoms with Crippen LogP contribution in [-0.2, 0) is 6.42 Å². The zero-order valence-corrected chi connectivity index (χ0v) is 19.0. The van der Waals surface area contributed by atoms with Gasteiger partial charge in [-0.15, -0.1) is 0 Å². The van der Waals surface area contributed by atoms with Crippen molar-refractivity contribution in [1.29, 1.82) is 0 Å². The van der Waals surface area contributed by atoms with Crippen molar-refractivity contribution in [3.05, 3.63) is 29.8 Å². The van der Waals surface area contributed by atoms with Gasteiger partial charge >= 0.3 is 0 Å². The molecule has 2 heterocycles. The lowest BCUT2D eigenvalue weighted by molar-refractivity contribution is 0.131. The van der Waals surface area contributed by atoms with Gasteiger partial charge < -0.3 is 14.4 Å². The van der Waals surface area contributed by atoms with Crippen LogP contribution in [0.5, 0.6) is 11.6 Å². The fourth-order valence-electron chi connectivity index (χ4n) is 4.74. The molecule has 4 rings (SSSR count). The first-order chi connectivity index (χ1) is 15.2. The van der Waals surface area contributed by atoms with E-state index in [-0.39, 0.29) is 0 Å². The van der Waals surface area contributed by atoms with E-state index in [1.165, 1.54) is 32.1 Å². The Hall–Kier alpha value is -1.88. The summed E-state index contributed by atoms with van der Waals surface area (Å²) >= 11 is 0. The fraction of sp³-hybridized carbons (Fsp3) is 0.654. The lowest BCUT2D eigenvalue weighted by atomic mass is 10.0. The zero-order valence-electron chi connectivity index (χ0n) is 19.0. The van der Waals surface area contributed by atoms with E-state index in [0.29, 0.717) is 25.5 Å². The van der Waals surface area contributed by atoms with Crippen molar-refractivity contribution < 1.29 is 13.9 Å². The Morgan fingerprint density at radius 1 is 1.10 bits per heavy atom. The zero-order chi connectivity index (χ0) is 21.5. The molecule has 2 aliphatic rings. The van der Waals surface area contributed by atoms with E-state index in [1.807, 2.05) is 18.2 Å². The van der Waals surface area contributed by atoms with Gasteiger partial charge in [0, 0.05) is 18.5 Å². The van der Waals surface area contributed by atoms with Crippen LogP contribution in [0.2, 0.25) is 0 Å². The Balaban J connectivity index is 1.40. The summed E-state index contributed by atoms with van der Waals surface area (Å²) in [6.45, 7) is 3.08. The monoisotopic (exact) mass is 428 g/mol. The minimum atomic E-state index is -0.672. The first-order valence-corrected chi connectivity index (χ1v) is 12.2. The number of methoxy groups -OCH3 is 1. The average Bonchev–Trinajstić information content (AvgIpc) is 3.61. The van der Waals surface area contributed by atoms with Crippen molar-refractivity contribution in [3.8, 4) is 11.6 Å². The molecule has 0 bridgehead atoms. The minimum absolute atomic E-state index is 0.568. The molecule has 1 aromatic carbocycles. The molecule has 1 aliphatic carbocycles. The van der Waals surface area contributed by atoms with E-state index < -0.39 is 6.17 Å². The minimum Gasteiger partial charge on any atom is -0.492 e. The predicted octanol–water partition coefficient (Wildman–Crippen LogP) is 5.96. The Bertz CT molecular complexity index is 840. The molecule has 170 valence electrons. The van der Waals surface area contributed by atoms with E-state index in [4.69, 9.17) is 14.5 Å². The second-order valence-corrected chi connectivity index (χ2v) is 9.23. The highest BCUT2D eigenvalue weighted by molar-refractivity contribution is 5.87. The molecule has 5 heteroatoms. The molecular weight excluding hydrogens is 391 g/mol. The maximum atomic E-state index is 13.6. The number of para-hydroxylation sites is 1. The van der Waals surface area contributed by atoms with Gasteiger partial charge in [-0.2, -0.15) is 0 Å². The van der Waals surface area contributed by atoms with Gasteiger partial charge in [0.25, 0.3) is 0 Å². The van der Waals surface area contributed by atoms with Gasteiger partial charge in [-0.05, 0) is 56.7 Å². The van der Waals surface area contributed by atoms with E-state index >= 15 is 0 Å². The number of ether oxygens (including phenoxy) is 2. The maximum Gasteiger partial charge on any atom is 0.220 e. The van der Waals surface area contributed by atoms with Gasteiger partial charge in [0.05, 0.1) is 24.8 Å². The number of pyridine rings is 1. The molecule has 1 atom stereocenters. The summed E-state index contributed by atoms with van der Waals surface area (Å²) in [6, 6.07) is 8.14. The summed E-state index contributed by atoms with van der Waals surface area (Å²) in [6.07, 6.45) is 10.8. The Labute approximate surface area is 186 Å². The number of alkyl halides is 1. The molecule has 2 fully saturated rings. The SMILES string of the molecule is COc1nc2ccccc2c(OCCCN2CCCC(F)C2)c1CCCCCC1CC1. The van der Waals surface area contributed by atoms with Gasteiger partial charge in [0.2, 0.25) is 5.88 Å². The third-order valence-corrected chi connectivity index (χ3v) is 6.65. The van der Waals surface area contributed by atoms with Crippen molar-refractivity contribution in [2.45, 2.75) is 70.4 Å². The van der Waals surface area contributed by atoms with Gasteiger partial charge in [0.1, 0.15) is 11.9 Å². The van der Waals surface area contributed by atoms with Crippen molar-refractivity contribution in [2.75, 3.05) is 33.4 Å². The van der Waals surface area contributed by atoms with Crippen LogP contribution in [-0.4, -0.2) is 49.4 Å². The molecule has 0 radical (unpaired) electrons. The van der Waals surface area contributed by atoms with E-state index in [1.54, 1.807) is 7.11 Å². The quantitative estimate of drug-likeness (QED) is 0.391. The van der Waals surface area contributed by atoms with E-state index in [0.717, 1.165) is 66.9 Å². The maximum absolute atomic E-state index is 13.6. The third kappa shape index (κ3) is 6.31. The van der Waals surface area contributed by atoms with Gasteiger partial charge in [-0.1, -0.05) is 44.2 Å². The van der Waals surface area contributed by atoms with Gasteiger partial charge in [-0.25, -0.2) is 9.37 Å². The number of likely N-dealkylation sites (tertiary alicyclic amines) is 1. The molecule has 2 aromatic rings. The van der Waals surface area contributed by atoms with Crippen LogP contribution in [0, 0.1) is 5.92 Å². The first kappa shape index (κ1) is 22.3. The Morgan fingerprint density at radius 2 is 1.97 bits per heavy atom. The predicted molar refractivity (Wildman–Crippen MR) is 124 cm³/mol. The summed E-state index contributed by atoms with van der Waals surface area (Å²) in [4.78, 5) is 6.98. The Morgan fingerprint density at radius 3 is 2.77 bits per heavy atom. The van der Waals surface area contributed by atoms with Crippen molar-refractivity contribution in [3.63, 3.8) is 0 Å². The second-order valence-electron chi connectivity index (χ2n) is 9.23. The Kier molecular flexibility index (Phi) is 8.01. The highest BCUT2D eigenvalue weighted by Gasteiger charge is 2.21. The van der Waals surface area contributed by atoms with Crippen LogP contribution >= 0.6 is 0 Å². The smallest absolute Gasteiger partial charge is 0.220 e. The number of hydrogen-bond donors (Lipinski definition) is 0. The van der Waals surface area contributed by atoms with Crippen LogP contribution in [0.15, 0.2) is 24.3 Å². The third-order valence-electron chi connectivity index (χ3n) is 6.65. The number of fused-ring (bicyclic) bond motifs is 1. The van der Waals surface area contributed by atoms with Crippen molar-refractivity contribution >= 4 is 10.9 Å². The van der Waals surface area contributed by atoms with Crippen LogP contribution in [0.3, 0.4) is 0 Å². The first-order valence-electron chi connectivity index (χ1n) is 12.2. The number of unbranched alkanes of at least 4 members (excludes halogenated alkanes) is 2. The van der Waals surface area contributed by atoms with Gasteiger partial charge in [-0.3, -0.25) is 0 Å². The highest BCUT2D eigenvalue weighted by atomic mass is 19.1. The standard InChI is InChI=1S/C26H37FN2O2/c1-30-26-23(12-4-2-3-9-20-14-15-20)25(22-11-5-6-13-24(22)28-26)31-18-8-17-29-16-7-10-21(27)19-29/h5-6,11,13,20-21H,2-4,7-10,12,14-19H2,1H3. The van der Waals surface area contributed by atoms with E-state index in [9.17, 15) is 4.39 Å². The van der Waals surface area contributed by atoms with Gasteiger partial charge in [0.15, 0.2) is 0 Å². The second kappa shape index (κ2) is 11.1. The topological polar surface area (TPSA) is 34.6 Å². The number of rotatable bonds is 12. The largest absolute Gasteiger partial charge is 0.492 e. The van der Waals surface area contributed by atoms with Crippen LogP contribution in [0.4, 0.5) is 4.39 Å². The number of nitrogens with zero attached hydrogens (tertiary/aromatic N) is 2. The number of benzene rings is 1. The highest BCUT2D eigenvalue weighted by Crippen LogP contribution is 2.37.